The number of carbonyl (C=O) groups is 1. The molecule has 358 valence electrons. The third-order valence-corrected chi connectivity index (χ3v) is 12.7. The standard InChI is InChI=1S/C49H62FN5O.C8H19NO/c1-7-9-24-46(35(3)4)55(8-2)49(56)42-25-26-43(44(50)34-42)39-27-30-54(31-28-39)29-17-12-10-11-14-19-38-20-18-23-41(33-38)45-32-36(5)52-48(53-45)47(37(6)51)40-21-15-13-16-22-40;1-3-5-9(6-4-2)7-8-10/h7,13,15-16,18,20-23,25-26,32-34,39,46H,1,3,8-12,14,17,19,24,27-31,51H2,2,4-6H3;10H,3-8H2,1-2H3/b47-37-;. The predicted octanol–water partition coefficient (Wildman–Crippen LogP) is 12.2. The first-order chi connectivity index (χ1) is 31.9. The Balaban J connectivity index is 0.000000850. The van der Waals surface area contributed by atoms with E-state index < -0.39 is 0 Å². The number of unbranched alkanes of at least 4 members (excludes halogenated alkanes) is 4. The first-order valence-electron chi connectivity index (χ1n) is 24.8. The summed E-state index contributed by atoms with van der Waals surface area (Å²) in [5.41, 5.74) is 15.3. The molecule has 0 spiro atoms. The molecule has 1 amide bonds. The largest absolute Gasteiger partial charge is 0.402 e. The molecule has 1 atom stereocenters. The van der Waals surface area contributed by atoms with Crippen molar-refractivity contribution in [3.8, 4) is 11.3 Å². The van der Waals surface area contributed by atoms with E-state index in [0.29, 0.717) is 30.2 Å². The van der Waals surface area contributed by atoms with Crippen molar-refractivity contribution < 1.29 is 14.3 Å². The fourth-order valence-corrected chi connectivity index (χ4v) is 9.23. The maximum atomic E-state index is 15.5. The molecular formula is C57H81FN6O2. The highest BCUT2D eigenvalue weighted by Crippen LogP contribution is 2.32. The number of benzene rings is 3. The molecule has 1 aromatic heterocycles. The number of allylic oxidation sites excluding steroid dienone is 2. The fourth-order valence-electron chi connectivity index (χ4n) is 9.23. The Bertz CT molecular complexity index is 2110. The highest BCUT2D eigenvalue weighted by Gasteiger charge is 2.27. The first kappa shape index (κ1) is 53.7. The number of piperidine rings is 1. The molecule has 1 saturated heterocycles. The highest BCUT2D eigenvalue weighted by atomic mass is 19.1. The van der Waals surface area contributed by atoms with E-state index in [0.717, 1.165) is 117 Å². The Kier molecular flexibility index (Phi) is 23.5. The lowest BCUT2D eigenvalue weighted by Crippen LogP contribution is -2.40. The maximum absolute atomic E-state index is 15.5. The number of likely N-dealkylation sites (N-methyl/N-ethyl adjacent to an activating group) is 1. The lowest BCUT2D eigenvalue weighted by Gasteiger charge is -2.33. The summed E-state index contributed by atoms with van der Waals surface area (Å²) in [6, 6.07) is 25.9. The van der Waals surface area contributed by atoms with Crippen LogP contribution in [0, 0.1) is 12.7 Å². The smallest absolute Gasteiger partial charge is 0.254 e. The number of halogens is 1. The van der Waals surface area contributed by atoms with Gasteiger partial charge in [-0.3, -0.25) is 4.79 Å². The van der Waals surface area contributed by atoms with Crippen molar-refractivity contribution >= 4 is 11.5 Å². The predicted molar refractivity (Wildman–Crippen MR) is 275 cm³/mol. The molecule has 3 aromatic carbocycles. The average molecular weight is 901 g/mol. The minimum atomic E-state index is -0.263. The van der Waals surface area contributed by atoms with E-state index in [1.807, 2.05) is 82.3 Å². The lowest BCUT2D eigenvalue weighted by atomic mass is 9.88. The summed E-state index contributed by atoms with van der Waals surface area (Å²) in [4.78, 5) is 29.8. The number of hydrogen-bond donors (Lipinski definition) is 2. The normalized spacial score (nSPS) is 14.0. The van der Waals surface area contributed by atoms with Crippen LogP contribution in [0.3, 0.4) is 0 Å². The van der Waals surface area contributed by atoms with Crippen LogP contribution < -0.4 is 5.73 Å². The van der Waals surface area contributed by atoms with Crippen LogP contribution in [0.15, 0.2) is 109 Å². The quantitative estimate of drug-likeness (QED) is 0.0505. The number of rotatable bonds is 25. The van der Waals surface area contributed by atoms with E-state index in [-0.39, 0.29) is 23.7 Å². The van der Waals surface area contributed by atoms with Gasteiger partial charge >= 0.3 is 0 Å². The third-order valence-electron chi connectivity index (χ3n) is 12.7. The van der Waals surface area contributed by atoms with Crippen LogP contribution in [0.4, 0.5) is 4.39 Å². The number of aromatic nitrogens is 2. The Morgan fingerprint density at radius 1 is 0.894 bits per heavy atom. The minimum absolute atomic E-state index is 0.0874. The summed E-state index contributed by atoms with van der Waals surface area (Å²) in [7, 11) is 0. The molecule has 0 saturated carbocycles. The van der Waals surface area contributed by atoms with E-state index in [1.54, 1.807) is 4.90 Å². The highest BCUT2D eigenvalue weighted by molar-refractivity contribution is 5.94. The molecule has 1 unspecified atom stereocenters. The van der Waals surface area contributed by atoms with Gasteiger partial charge in [0.05, 0.1) is 18.3 Å². The Morgan fingerprint density at radius 2 is 1.59 bits per heavy atom. The van der Waals surface area contributed by atoms with Crippen molar-refractivity contribution in [2.75, 3.05) is 52.4 Å². The molecule has 9 heteroatoms. The number of carbonyl (C=O) groups excluding carboxylic acids is 1. The van der Waals surface area contributed by atoms with Gasteiger partial charge in [-0.1, -0.05) is 106 Å². The van der Waals surface area contributed by atoms with Crippen LogP contribution in [0.5, 0.6) is 0 Å². The molecule has 0 radical (unpaired) electrons. The van der Waals surface area contributed by atoms with Crippen molar-refractivity contribution in [2.24, 2.45) is 5.73 Å². The topological polar surface area (TPSA) is 98.8 Å². The van der Waals surface area contributed by atoms with Crippen LogP contribution in [-0.4, -0.2) is 94.1 Å². The van der Waals surface area contributed by atoms with Gasteiger partial charge in [-0.2, -0.15) is 0 Å². The summed E-state index contributed by atoms with van der Waals surface area (Å²) in [6.45, 7) is 27.1. The number of amides is 1. The zero-order valence-corrected chi connectivity index (χ0v) is 41.3. The van der Waals surface area contributed by atoms with Crippen LogP contribution in [0.1, 0.15) is 150 Å². The monoisotopic (exact) mass is 901 g/mol. The summed E-state index contributed by atoms with van der Waals surface area (Å²) in [6.07, 6.45) is 14.7. The van der Waals surface area contributed by atoms with E-state index in [4.69, 9.17) is 20.8 Å². The van der Waals surface area contributed by atoms with Crippen molar-refractivity contribution in [1.82, 2.24) is 24.7 Å². The number of aliphatic hydroxyl groups excluding tert-OH is 1. The molecular weight excluding hydrogens is 820 g/mol. The molecule has 1 aliphatic rings. The molecule has 5 rings (SSSR count). The van der Waals surface area contributed by atoms with E-state index in [2.05, 4.69) is 61.1 Å². The third kappa shape index (κ3) is 16.7. The number of nitrogens with zero attached hydrogens (tertiary/aromatic N) is 5. The molecule has 1 fully saturated rings. The van der Waals surface area contributed by atoms with Crippen LogP contribution >= 0.6 is 0 Å². The second kappa shape index (κ2) is 28.9. The molecule has 1 aliphatic heterocycles. The Labute approximate surface area is 397 Å². The van der Waals surface area contributed by atoms with Crippen molar-refractivity contribution in [3.63, 3.8) is 0 Å². The SMILES string of the molecule is C=CCCC(C(=C)C)N(CC)C(=O)c1ccc(C2CCN(CCCCCCCc3cccc(-c4cc(C)nc(/C(=C(/C)N)c5ccccc5)n4)c3)CC2)c(F)c1.CCCN(CCC)CCO. The van der Waals surface area contributed by atoms with Crippen LogP contribution in [0.25, 0.3) is 16.8 Å². The van der Waals surface area contributed by atoms with Gasteiger partial charge in [0.2, 0.25) is 0 Å². The summed E-state index contributed by atoms with van der Waals surface area (Å²) in [5, 5.41) is 8.65. The van der Waals surface area contributed by atoms with E-state index in [1.165, 1.54) is 50.2 Å². The van der Waals surface area contributed by atoms with Gasteiger partial charge in [-0.15, -0.1) is 6.58 Å². The number of nitrogens with two attached hydrogens (primary N) is 1. The average Bonchev–Trinajstić information content (AvgIpc) is 3.30. The minimum Gasteiger partial charge on any atom is -0.402 e. The van der Waals surface area contributed by atoms with Gasteiger partial charge in [0, 0.05) is 41.2 Å². The molecule has 0 aliphatic carbocycles. The van der Waals surface area contributed by atoms with E-state index >= 15 is 4.39 Å². The lowest BCUT2D eigenvalue weighted by molar-refractivity contribution is 0.0709. The van der Waals surface area contributed by atoms with Crippen molar-refractivity contribution in [2.45, 2.75) is 131 Å². The number of hydrogen-bond acceptors (Lipinski definition) is 7. The second-order valence-electron chi connectivity index (χ2n) is 18.1. The van der Waals surface area contributed by atoms with Gasteiger partial charge in [-0.05, 0) is 165 Å². The molecule has 3 N–H and O–H groups in total. The molecule has 2 heterocycles. The number of aryl methyl sites for hydroxylation is 2. The van der Waals surface area contributed by atoms with Crippen molar-refractivity contribution in [1.29, 1.82) is 0 Å². The molecule has 0 bridgehead atoms. The van der Waals surface area contributed by atoms with Crippen LogP contribution in [-0.2, 0) is 6.42 Å². The number of aliphatic hydroxyl groups is 1. The molecule has 8 nitrogen and oxygen atoms in total. The van der Waals surface area contributed by atoms with Crippen molar-refractivity contribution in [3.05, 3.63) is 149 Å². The zero-order chi connectivity index (χ0) is 47.8. The fraction of sp³-hybridized carbons (Fsp3) is 0.491. The summed E-state index contributed by atoms with van der Waals surface area (Å²) in [5.74, 6) is 0.434. The van der Waals surface area contributed by atoms with Gasteiger partial charge < -0.3 is 25.5 Å². The van der Waals surface area contributed by atoms with Crippen LogP contribution in [0.2, 0.25) is 0 Å². The Morgan fingerprint density at radius 3 is 2.21 bits per heavy atom. The molecule has 66 heavy (non-hydrogen) atoms. The van der Waals surface area contributed by atoms with Gasteiger partial charge in [0.1, 0.15) is 5.82 Å². The van der Waals surface area contributed by atoms with E-state index in [9.17, 15) is 4.79 Å². The first-order valence-corrected chi connectivity index (χ1v) is 24.8. The summed E-state index contributed by atoms with van der Waals surface area (Å²) >= 11 is 0. The zero-order valence-electron chi connectivity index (χ0n) is 41.3. The Hall–Kier alpha value is -4.96. The maximum Gasteiger partial charge on any atom is 0.254 e. The number of likely N-dealkylation sites (tertiary alicyclic amines) is 1. The molecule has 4 aromatic rings. The van der Waals surface area contributed by atoms with Gasteiger partial charge in [0.15, 0.2) is 5.82 Å². The van der Waals surface area contributed by atoms with Gasteiger partial charge in [-0.25, -0.2) is 14.4 Å². The van der Waals surface area contributed by atoms with Gasteiger partial charge in [0.25, 0.3) is 5.91 Å². The second-order valence-corrected chi connectivity index (χ2v) is 18.1. The summed E-state index contributed by atoms with van der Waals surface area (Å²) < 4.78 is 15.5.